The van der Waals surface area contributed by atoms with Crippen LogP contribution >= 0.6 is 15.9 Å². The molecule has 3 atom stereocenters. The van der Waals surface area contributed by atoms with Crippen molar-refractivity contribution in [2.45, 2.75) is 37.6 Å². The molecule has 0 spiro atoms. The van der Waals surface area contributed by atoms with Crippen LogP contribution < -0.4 is 0 Å². The molecule has 1 aromatic rings. The summed E-state index contributed by atoms with van der Waals surface area (Å²) in [5.74, 6) is -0.0314. The molecule has 0 aromatic heterocycles. The monoisotopic (exact) mass is 353 g/mol. The lowest BCUT2D eigenvalue weighted by Crippen LogP contribution is -2.45. The van der Waals surface area contributed by atoms with Crippen molar-refractivity contribution in [3.05, 3.63) is 35.9 Å². The Balaban J connectivity index is 2.11. The van der Waals surface area contributed by atoms with Crippen LogP contribution in [0.25, 0.3) is 0 Å². The summed E-state index contributed by atoms with van der Waals surface area (Å²) < 4.78 is 5.08. The van der Waals surface area contributed by atoms with Crippen LogP contribution in [0.3, 0.4) is 0 Å². The highest BCUT2D eigenvalue weighted by Crippen LogP contribution is 2.24. The van der Waals surface area contributed by atoms with Crippen LogP contribution in [-0.4, -0.2) is 34.4 Å². The number of halogens is 1. The number of hydrogen-bond acceptors (Lipinski definition) is 3. The van der Waals surface area contributed by atoms with Crippen LogP contribution in [0.5, 0.6) is 0 Å². The van der Waals surface area contributed by atoms with E-state index >= 15 is 0 Å². The predicted molar refractivity (Wildman–Crippen MR) is 84.3 cm³/mol. The Hall–Kier alpha value is -1.36. The molecule has 1 aromatic carbocycles. The van der Waals surface area contributed by atoms with E-state index < -0.39 is 6.09 Å². The highest BCUT2D eigenvalue weighted by Gasteiger charge is 2.41. The Morgan fingerprint density at radius 2 is 2.10 bits per heavy atom. The molecule has 0 bridgehead atoms. The van der Waals surface area contributed by atoms with Crippen molar-refractivity contribution in [2.75, 3.05) is 6.61 Å². The summed E-state index contributed by atoms with van der Waals surface area (Å²) in [7, 11) is 0. The fourth-order valence-corrected chi connectivity index (χ4v) is 2.94. The first kappa shape index (κ1) is 16.0. The Morgan fingerprint density at radius 3 is 2.71 bits per heavy atom. The molecular formula is C16H20BrNO3. The minimum atomic E-state index is -0.534. The van der Waals surface area contributed by atoms with Gasteiger partial charge in [0.25, 0.3) is 0 Å². The highest BCUT2D eigenvalue weighted by molar-refractivity contribution is 9.10. The van der Waals surface area contributed by atoms with E-state index in [2.05, 4.69) is 15.9 Å². The SMILES string of the molecule is CC[C@H](C)[C@H](Br)C(=O)N1C(=O)OC[C@@H]1Cc1ccccc1. The van der Waals surface area contributed by atoms with E-state index in [4.69, 9.17) is 4.74 Å². The maximum Gasteiger partial charge on any atom is 0.417 e. The fraction of sp³-hybridized carbons (Fsp3) is 0.500. The molecule has 1 saturated heterocycles. The number of cyclic esters (lactones) is 1. The summed E-state index contributed by atoms with van der Waals surface area (Å²) in [6, 6.07) is 9.60. The molecule has 0 unspecified atom stereocenters. The number of carbonyl (C=O) groups is 2. The van der Waals surface area contributed by atoms with Gasteiger partial charge in [0.05, 0.1) is 10.9 Å². The van der Waals surface area contributed by atoms with Gasteiger partial charge in [0.1, 0.15) is 6.61 Å². The normalized spacial score (nSPS) is 21.0. The van der Waals surface area contributed by atoms with E-state index in [1.165, 1.54) is 4.90 Å². The number of benzene rings is 1. The number of rotatable bonds is 5. The van der Waals surface area contributed by atoms with Crippen LogP contribution in [0.4, 0.5) is 4.79 Å². The second-order valence-electron chi connectivity index (χ2n) is 5.42. The van der Waals surface area contributed by atoms with Crippen LogP contribution in [0.2, 0.25) is 0 Å². The average molecular weight is 354 g/mol. The smallest absolute Gasteiger partial charge is 0.417 e. The molecular weight excluding hydrogens is 334 g/mol. The molecule has 2 amide bonds. The van der Waals surface area contributed by atoms with E-state index in [0.29, 0.717) is 6.42 Å². The molecule has 4 nitrogen and oxygen atoms in total. The zero-order valence-electron chi connectivity index (χ0n) is 12.3. The lowest BCUT2D eigenvalue weighted by Gasteiger charge is -2.24. The number of carbonyl (C=O) groups excluding carboxylic acids is 2. The first-order chi connectivity index (χ1) is 10.0. The summed E-state index contributed by atoms with van der Waals surface area (Å²) >= 11 is 3.42. The second-order valence-corrected chi connectivity index (χ2v) is 6.40. The molecule has 1 aliphatic heterocycles. The summed E-state index contributed by atoms with van der Waals surface area (Å²) in [6.07, 6.45) is 0.959. The van der Waals surface area contributed by atoms with Crippen molar-refractivity contribution < 1.29 is 14.3 Å². The van der Waals surface area contributed by atoms with Crippen molar-refractivity contribution in [3.63, 3.8) is 0 Å². The third-order valence-corrected chi connectivity index (χ3v) is 5.19. The molecule has 1 fully saturated rings. The van der Waals surface area contributed by atoms with Crippen molar-refractivity contribution in [3.8, 4) is 0 Å². The zero-order chi connectivity index (χ0) is 15.4. The van der Waals surface area contributed by atoms with Gasteiger partial charge in [0.15, 0.2) is 0 Å². The van der Waals surface area contributed by atoms with Gasteiger partial charge in [-0.1, -0.05) is 66.5 Å². The number of imide groups is 1. The van der Waals surface area contributed by atoms with Gasteiger partial charge in [0, 0.05) is 0 Å². The van der Waals surface area contributed by atoms with Gasteiger partial charge >= 0.3 is 6.09 Å². The highest BCUT2D eigenvalue weighted by atomic mass is 79.9. The van der Waals surface area contributed by atoms with Crippen LogP contribution in [0.1, 0.15) is 25.8 Å². The first-order valence-corrected chi connectivity index (χ1v) is 8.14. The number of alkyl halides is 1. The number of ether oxygens (including phenoxy) is 1. The lowest BCUT2D eigenvalue weighted by atomic mass is 10.0. The standard InChI is InChI=1S/C16H20BrNO3/c1-3-11(2)14(17)15(19)18-13(10-21-16(18)20)9-12-7-5-4-6-8-12/h4-8,11,13-14H,3,9-10H2,1-2H3/t11-,13-,14-/m0/s1. The third kappa shape index (κ3) is 3.64. The largest absolute Gasteiger partial charge is 0.447 e. The maximum absolute atomic E-state index is 12.5. The van der Waals surface area contributed by atoms with Gasteiger partial charge in [-0.3, -0.25) is 4.79 Å². The molecule has 1 aliphatic rings. The van der Waals surface area contributed by atoms with Crippen LogP contribution in [-0.2, 0) is 16.0 Å². The molecule has 2 rings (SSSR count). The molecule has 21 heavy (non-hydrogen) atoms. The molecule has 114 valence electrons. The lowest BCUT2D eigenvalue weighted by molar-refractivity contribution is -0.129. The summed E-state index contributed by atoms with van der Waals surface area (Å²) in [4.78, 5) is 25.3. The van der Waals surface area contributed by atoms with Crippen molar-refractivity contribution in [2.24, 2.45) is 5.92 Å². The Kier molecular flexibility index (Phi) is 5.39. The summed E-state index contributed by atoms with van der Waals surface area (Å²) in [5, 5.41) is 0. The average Bonchev–Trinajstić information content (AvgIpc) is 2.86. The second kappa shape index (κ2) is 7.07. The zero-order valence-corrected chi connectivity index (χ0v) is 13.9. The van der Waals surface area contributed by atoms with E-state index in [1.54, 1.807) is 0 Å². The summed E-state index contributed by atoms with van der Waals surface area (Å²) in [6.45, 7) is 4.28. The molecule has 0 aliphatic carbocycles. The van der Waals surface area contributed by atoms with Crippen molar-refractivity contribution in [1.82, 2.24) is 4.90 Å². The first-order valence-electron chi connectivity index (χ1n) is 7.22. The van der Waals surface area contributed by atoms with Gasteiger partial charge < -0.3 is 4.74 Å². The quantitative estimate of drug-likeness (QED) is 0.762. The Morgan fingerprint density at radius 1 is 1.43 bits per heavy atom. The van der Waals surface area contributed by atoms with E-state index in [0.717, 1.165) is 12.0 Å². The van der Waals surface area contributed by atoms with E-state index in [1.807, 2.05) is 44.2 Å². The van der Waals surface area contributed by atoms with Gasteiger partial charge in [-0.25, -0.2) is 9.69 Å². The van der Waals surface area contributed by atoms with Gasteiger partial charge in [0.2, 0.25) is 5.91 Å². The Labute approximate surface area is 133 Å². The van der Waals surface area contributed by atoms with Crippen molar-refractivity contribution >= 4 is 27.9 Å². The minimum Gasteiger partial charge on any atom is -0.447 e. The van der Waals surface area contributed by atoms with Crippen LogP contribution in [0.15, 0.2) is 30.3 Å². The minimum absolute atomic E-state index is 0.170. The number of nitrogens with zero attached hydrogens (tertiary/aromatic N) is 1. The summed E-state index contributed by atoms with van der Waals surface area (Å²) in [5.41, 5.74) is 1.09. The molecule has 0 N–H and O–H groups in total. The third-order valence-electron chi connectivity index (χ3n) is 3.89. The van der Waals surface area contributed by atoms with Gasteiger partial charge in [-0.05, 0) is 17.9 Å². The van der Waals surface area contributed by atoms with E-state index in [9.17, 15) is 9.59 Å². The van der Waals surface area contributed by atoms with Crippen LogP contribution in [0, 0.1) is 5.92 Å². The maximum atomic E-state index is 12.5. The fourth-order valence-electron chi connectivity index (χ4n) is 2.35. The van der Waals surface area contributed by atoms with Gasteiger partial charge in [-0.2, -0.15) is 0 Å². The molecule has 0 radical (unpaired) electrons. The Bertz CT molecular complexity index is 506. The van der Waals surface area contributed by atoms with Gasteiger partial charge in [-0.15, -0.1) is 0 Å². The molecule has 1 heterocycles. The molecule has 0 saturated carbocycles. The topological polar surface area (TPSA) is 46.6 Å². The number of amides is 2. The number of hydrogen-bond donors (Lipinski definition) is 0. The molecule has 5 heteroatoms. The van der Waals surface area contributed by atoms with Crippen molar-refractivity contribution in [1.29, 1.82) is 0 Å². The van der Waals surface area contributed by atoms with E-state index in [-0.39, 0.29) is 29.3 Å². The predicted octanol–water partition coefficient (Wildman–Crippen LogP) is 3.39.